The number of carbonyl (C=O) groups excluding carboxylic acids is 1. The van der Waals surface area contributed by atoms with Crippen molar-refractivity contribution in [2.45, 2.75) is 12.4 Å². The predicted octanol–water partition coefficient (Wildman–Crippen LogP) is 6.64. The average molecular weight is 425 g/mol. The number of furan rings is 1. The maximum Gasteiger partial charge on any atom is 0.416 e. The molecule has 156 valence electrons. The van der Waals surface area contributed by atoms with Crippen LogP contribution in [0.4, 0.5) is 32.0 Å². The second-order valence-electron chi connectivity index (χ2n) is 6.19. The monoisotopic (exact) mass is 425 g/mol. The van der Waals surface area contributed by atoms with Gasteiger partial charge in [-0.2, -0.15) is 26.3 Å². The summed E-state index contributed by atoms with van der Waals surface area (Å²) in [6, 6.07) is 13.2. The molecule has 2 aromatic carbocycles. The summed E-state index contributed by atoms with van der Waals surface area (Å²) in [5, 5.41) is 2.01. The van der Waals surface area contributed by atoms with Crippen molar-refractivity contribution in [1.29, 1.82) is 0 Å². The molecule has 3 rings (SSSR count). The Bertz CT molecular complexity index is 1030. The molecule has 0 radical (unpaired) electrons. The second-order valence-corrected chi connectivity index (χ2v) is 6.19. The number of hydrogen-bond acceptors (Lipinski definition) is 2. The molecule has 0 aliphatic heterocycles. The zero-order chi connectivity index (χ0) is 21.9. The normalized spacial score (nSPS) is 12.3. The molecule has 0 aliphatic carbocycles. The molecule has 0 atom stereocenters. The van der Waals surface area contributed by atoms with Crippen molar-refractivity contribution in [3.8, 4) is 11.3 Å². The third-order valence-corrected chi connectivity index (χ3v) is 3.94. The SMILES string of the molecule is O=C(/C=C/c1ccc(-c2ccccc2)o1)Nc1cc(C(F)(F)F)cc(C(F)(F)F)c1. The molecule has 3 aromatic rings. The van der Waals surface area contributed by atoms with E-state index in [1.807, 2.05) is 35.6 Å². The molecule has 3 nitrogen and oxygen atoms in total. The van der Waals surface area contributed by atoms with Crippen molar-refractivity contribution in [1.82, 2.24) is 0 Å². The number of benzene rings is 2. The number of alkyl halides is 6. The van der Waals surface area contributed by atoms with E-state index in [-0.39, 0.29) is 11.8 Å². The van der Waals surface area contributed by atoms with E-state index in [1.165, 1.54) is 6.08 Å². The third kappa shape index (κ3) is 5.31. The van der Waals surface area contributed by atoms with E-state index in [0.29, 0.717) is 17.9 Å². The standard InChI is InChI=1S/C21H13F6NO2/c22-20(23,24)14-10-15(21(25,26)27)12-16(11-14)28-19(29)9-7-17-6-8-18(30-17)13-4-2-1-3-5-13/h1-12H,(H,28,29)/b9-7+. The quantitative estimate of drug-likeness (QED) is 0.376. The highest BCUT2D eigenvalue weighted by molar-refractivity contribution is 6.01. The lowest BCUT2D eigenvalue weighted by molar-refractivity contribution is -0.143. The molecule has 9 heteroatoms. The largest absolute Gasteiger partial charge is 0.457 e. The maximum absolute atomic E-state index is 12.9. The highest BCUT2D eigenvalue weighted by Crippen LogP contribution is 2.37. The Morgan fingerprint density at radius 3 is 2.00 bits per heavy atom. The zero-order valence-corrected chi connectivity index (χ0v) is 15.0. The van der Waals surface area contributed by atoms with Gasteiger partial charge >= 0.3 is 12.4 Å². The van der Waals surface area contributed by atoms with Gasteiger partial charge in [-0.3, -0.25) is 4.79 Å². The number of amides is 1. The first-order valence-corrected chi connectivity index (χ1v) is 8.46. The summed E-state index contributed by atoms with van der Waals surface area (Å²) < 4.78 is 82.8. The van der Waals surface area contributed by atoms with Gasteiger partial charge < -0.3 is 9.73 Å². The highest BCUT2D eigenvalue weighted by Gasteiger charge is 2.37. The lowest BCUT2D eigenvalue weighted by atomic mass is 10.1. The Morgan fingerprint density at radius 1 is 0.833 bits per heavy atom. The van der Waals surface area contributed by atoms with Crippen LogP contribution in [0.25, 0.3) is 17.4 Å². The van der Waals surface area contributed by atoms with E-state index in [4.69, 9.17) is 4.42 Å². The number of anilines is 1. The number of halogens is 6. The van der Waals surface area contributed by atoms with Crippen molar-refractivity contribution >= 4 is 17.7 Å². The first kappa shape index (κ1) is 21.2. The van der Waals surface area contributed by atoms with Crippen molar-refractivity contribution in [2.24, 2.45) is 0 Å². The van der Waals surface area contributed by atoms with Crippen LogP contribution < -0.4 is 5.32 Å². The van der Waals surface area contributed by atoms with Crippen molar-refractivity contribution < 1.29 is 35.6 Å². The van der Waals surface area contributed by atoms with Gasteiger partial charge in [0, 0.05) is 17.3 Å². The van der Waals surface area contributed by atoms with E-state index in [1.54, 1.807) is 12.1 Å². The van der Waals surface area contributed by atoms with E-state index in [9.17, 15) is 31.1 Å². The Hall–Kier alpha value is -3.49. The van der Waals surface area contributed by atoms with Crippen LogP contribution in [0.5, 0.6) is 0 Å². The smallest absolute Gasteiger partial charge is 0.416 e. The first-order valence-electron chi connectivity index (χ1n) is 8.46. The van der Waals surface area contributed by atoms with Gasteiger partial charge in [-0.05, 0) is 36.4 Å². The summed E-state index contributed by atoms with van der Waals surface area (Å²) in [4.78, 5) is 12.0. The number of carbonyl (C=O) groups is 1. The van der Waals surface area contributed by atoms with Crippen molar-refractivity contribution in [3.63, 3.8) is 0 Å². The van der Waals surface area contributed by atoms with Crippen LogP contribution >= 0.6 is 0 Å². The molecule has 1 aromatic heterocycles. The molecular formula is C21H13F6NO2. The number of hydrogen-bond donors (Lipinski definition) is 1. The molecule has 1 heterocycles. The lowest BCUT2D eigenvalue weighted by Crippen LogP contribution is -2.14. The fraction of sp³-hybridized carbons (Fsp3) is 0.0952. The van der Waals surface area contributed by atoms with E-state index in [2.05, 4.69) is 0 Å². The highest BCUT2D eigenvalue weighted by atomic mass is 19.4. The van der Waals surface area contributed by atoms with Crippen LogP contribution in [0.3, 0.4) is 0 Å². The van der Waals surface area contributed by atoms with Crippen molar-refractivity contribution in [3.05, 3.63) is 83.6 Å². The van der Waals surface area contributed by atoms with E-state index >= 15 is 0 Å². The summed E-state index contributed by atoms with van der Waals surface area (Å²) >= 11 is 0. The zero-order valence-electron chi connectivity index (χ0n) is 15.0. The molecular weight excluding hydrogens is 412 g/mol. The molecule has 1 N–H and O–H groups in total. The molecule has 0 saturated carbocycles. The second kappa shape index (κ2) is 8.10. The van der Waals surface area contributed by atoms with Gasteiger partial charge in [0.05, 0.1) is 11.1 Å². The minimum Gasteiger partial charge on any atom is -0.457 e. The van der Waals surface area contributed by atoms with Crippen LogP contribution in [0, 0.1) is 0 Å². The minimum absolute atomic E-state index is 0.0144. The number of rotatable bonds is 4. The van der Waals surface area contributed by atoms with Gasteiger partial charge in [-0.1, -0.05) is 30.3 Å². The lowest BCUT2D eigenvalue weighted by Gasteiger charge is -2.14. The Morgan fingerprint density at radius 2 is 1.43 bits per heavy atom. The Kier molecular flexibility index (Phi) is 5.73. The first-order chi connectivity index (χ1) is 14.0. The minimum atomic E-state index is -5.00. The summed E-state index contributed by atoms with van der Waals surface area (Å²) in [5.74, 6) is -0.104. The Labute approximate surface area is 166 Å². The van der Waals surface area contributed by atoms with Crippen LogP contribution in [0.1, 0.15) is 16.9 Å². The van der Waals surface area contributed by atoms with Gasteiger partial charge in [0.1, 0.15) is 11.5 Å². The van der Waals surface area contributed by atoms with Crippen LogP contribution in [-0.4, -0.2) is 5.91 Å². The molecule has 0 fully saturated rings. The molecule has 0 saturated heterocycles. The van der Waals surface area contributed by atoms with Gasteiger partial charge in [0.2, 0.25) is 5.91 Å². The number of nitrogens with one attached hydrogen (secondary N) is 1. The molecule has 0 spiro atoms. The summed E-state index contributed by atoms with van der Waals surface area (Å²) in [6.07, 6.45) is -7.81. The topological polar surface area (TPSA) is 42.2 Å². The van der Waals surface area contributed by atoms with Crippen LogP contribution in [0.15, 0.2) is 71.2 Å². The van der Waals surface area contributed by atoms with E-state index in [0.717, 1.165) is 11.6 Å². The average Bonchev–Trinajstić information content (AvgIpc) is 3.14. The van der Waals surface area contributed by atoms with Crippen LogP contribution in [0.2, 0.25) is 0 Å². The molecule has 30 heavy (non-hydrogen) atoms. The third-order valence-electron chi connectivity index (χ3n) is 3.94. The van der Waals surface area contributed by atoms with E-state index < -0.39 is 35.1 Å². The van der Waals surface area contributed by atoms with Gasteiger partial charge in [-0.25, -0.2) is 0 Å². The predicted molar refractivity (Wildman–Crippen MR) is 98.3 cm³/mol. The summed E-state index contributed by atoms with van der Waals surface area (Å²) in [7, 11) is 0. The van der Waals surface area contributed by atoms with Crippen LogP contribution in [-0.2, 0) is 17.1 Å². The maximum atomic E-state index is 12.9. The molecule has 0 unspecified atom stereocenters. The molecule has 0 bridgehead atoms. The molecule has 0 aliphatic rings. The van der Waals surface area contributed by atoms with Gasteiger partial charge in [0.25, 0.3) is 0 Å². The fourth-order valence-corrected chi connectivity index (χ4v) is 2.57. The molecule has 1 amide bonds. The van der Waals surface area contributed by atoms with Gasteiger partial charge in [-0.15, -0.1) is 0 Å². The summed E-state index contributed by atoms with van der Waals surface area (Å²) in [5.41, 5.74) is -2.87. The van der Waals surface area contributed by atoms with Gasteiger partial charge in [0.15, 0.2) is 0 Å². The fourth-order valence-electron chi connectivity index (χ4n) is 2.57. The summed E-state index contributed by atoms with van der Waals surface area (Å²) in [6.45, 7) is 0. The Balaban J connectivity index is 1.77. The van der Waals surface area contributed by atoms with Crippen molar-refractivity contribution in [2.75, 3.05) is 5.32 Å².